The highest BCUT2D eigenvalue weighted by molar-refractivity contribution is 5.88. The van der Waals surface area contributed by atoms with Crippen molar-refractivity contribution in [3.05, 3.63) is 12.3 Å². The molecule has 0 saturated carbocycles. The van der Waals surface area contributed by atoms with Crippen LogP contribution >= 0.6 is 0 Å². The van der Waals surface area contributed by atoms with Crippen molar-refractivity contribution < 1.29 is 9.47 Å². The summed E-state index contributed by atoms with van der Waals surface area (Å²) in [4.78, 5) is 19.0. The van der Waals surface area contributed by atoms with Crippen molar-refractivity contribution in [2.75, 3.05) is 62.4 Å². The van der Waals surface area contributed by atoms with Crippen molar-refractivity contribution in [3.8, 4) is 11.5 Å². The van der Waals surface area contributed by atoms with Gasteiger partial charge in [0.1, 0.15) is 5.69 Å². The Kier molecular flexibility index (Phi) is 4.13. The number of nitrogens with zero attached hydrogens (tertiary/aromatic N) is 7. The summed E-state index contributed by atoms with van der Waals surface area (Å²) >= 11 is 0. The lowest BCUT2D eigenvalue weighted by atomic mass is 10.3. The molecular weight excluding hydrogens is 348 g/mol. The van der Waals surface area contributed by atoms with Gasteiger partial charge in [0, 0.05) is 39.4 Å². The summed E-state index contributed by atoms with van der Waals surface area (Å²) in [5.74, 6) is 2.36. The molecule has 1 N–H and O–H groups in total. The molecule has 2 saturated heterocycles. The van der Waals surface area contributed by atoms with Crippen molar-refractivity contribution in [3.63, 3.8) is 0 Å². The molecule has 27 heavy (non-hydrogen) atoms. The standard InChI is InChI=1S/C17H22N8O2/c1-23-14(12-2-3-18-22-12)19-13-15(23)20-17(25-6-10-27-11-7-25)21-16(13)24-4-8-26-9-5-24/h2-3H,4-11H2,1H3,(H,18,22). The van der Waals surface area contributed by atoms with Crippen molar-refractivity contribution in [1.82, 2.24) is 29.7 Å². The Balaban J connectivity index is 1.67. The van der Waals surface area contributed by atoms with Crippen LogP contribution < -0.4 is 9.80 Å². The lowest BCUT2D eigenvalue weighted by Gasteiger charge is -2.30. The number of H-pyrrole nitrogens is 1. The number of fused-ring (bicyclic) bond motifs is 1. The molecule has 2 aliphatic heterocycles. The molecule has 0 radical (unpaired) electrons. The van der Waals surface area contributed by atoms with E-state index in [-0.39, 0.29) is 0 Å². The summed E-state index contributed by atoms with van der Waals surface area (Å²) in [6, 6.07) is 1.91. The molecule has 142 valence electrons. The number of morpholine rings is 2. The van der Waals surface area contributed by atoms with Gasteiger partial charge in [0.25, 0.3) is 0 Å². The van der Waals surface area contributed by atoms with Crippen LogP contribution in [0.15, 0.2) is 12.3 Å². The number of hydrogen-bond donors (Lipinski definition) is 1. The minimum absolute atomic E-state index is 0.692. The van der Waals surface area contributed by atoms with E-state index >= 15 is 0 Å². The lowest BCUT2D eigenvalue weighted by molar-refractivity contribution is 0.121. The number of aromatic nitrogens is 6. The predicted octanol–water partition coefficient (Wildman–Crippen LogP) is 0.427. The molecule has 0 aliphatic carbocycles. The molecule has 0 unspecified atom stereocenters. The maximum Gasteiger partial charge on any atom is 0.229 e. The van der Waals surface area contributed by atoms with Gasteiger partial charge in [-0.2, -0.15) is 15.1 Å². The Bertz CT molecular complexity index is 926. The third-order valence-corrected chi connectivity index (χ3v) is 5.02. The first kappa shape index (κ1) is 16.5. The Morgan fingerprint density at radius 3 is 2.30 bits per heavy atom. The number of nitrogens with one attached hydrogen (secondary N) is 1. The first-order valence-corrected chi connectivity index (χ1v) is 9.21. The summed E-state index contributed by atoms with van der Waals surface area (Å²) in [6.07, 6.45) is 1.79. The number of rotatable bonds is 3. The van der Waals surface area contributed by atoms with Crippen LogP contribution in [0.2, 0.25) is 0 Å². The number of hydrogen-bond acceptors (Lipinski definition) is 8. The molecule has 10 nitrogen and oxygen atoms in total. The van der Waals surface area contributed by atoms with Crippen LogP contribution in [0.5, 0.6) is 0 Å². The van der Waals surface area contributed by atoms with Crippen LogP contribution in [0.4, 0.5) is 11.8 Å². The molecule has 0 atom stereocenters. The minimum Gasteiger partial charge on any atom is -0.378 e. The molecule has 3 aromatic heterocycles. The smallest absolute Gasteiger partial charge is 0.229 e. The van der Waals surface area contributed by atoms with Gasteiger partial charge in [-0.05, 0) is 6.07 Å². The normalized spacial score (nSPS) is 18.4. The summed E-state index contributed by atoms with van der Waals surface area (Å²) < 4.78 is 13.0. The van der Waals surface area contributed by atoms with Gasteiger partial charge in [0.2, 0.25) is 5.95 Å². The Morgan fingerprint density at radius 1 is 0.926 bits per heavy atom. The van der Waals surface area contributed by atoms with Crippen molar-refractivity contribution in [2.45, 2.75) is 0 Å². The molecule has 3 aromatic rings. The van der Waals surface area contributed by atoms with Crippen molar-refractivity contribution >= 4 is 22.9 Å². The van der Waals surface area contributed by atoms with E-state index in [1.165, 1.54) is 0 Å². The predicted molar refractivity (Wildman–Crippen MR) is 99.9 cm³/mol. The molecular formula is C17H22N8O2. The van der Waals surface area contributed by atoms with Gasteiger partial charge in [0.15, 0.2) is 22.8 Å². The third kappa shape index (κ3) is 2.90. The van der Waals surface area contributed by atoms with E-state index in [1.54, 1.807) is 6.20 Å². The minimum atomic E-state index is 0.692. The first-order valence-electron chi connectivity index (χ1n) is 9.21. The van der Waals surface area contributed by atoms with Crippen LogP contribution in [-0.2, 0) is 16.5 Å². The van der Waals surface area contributed by atoms with Gasteiger partial charge in [-0.3, -0.25) is 5.10 Å². The van der Waals surface area contributed by atoms with E-state index in [1.807, 2.05) is 17.7 Å². The van der Waals surface area contributed by atoms with Gasteiger partial charge < -0.3 is 23.8 Å². The zero-order valence-electron chi connectivity index (χ0n) is 15.3. The van der Waals surface area contributed by atoms with Gasteiger partial charge in [-0.15, -0.1) is 0 Å². The molecule has 0 bridgehead atoms. The molecule has 10 heteroatoms. The average Bonchev–Trinajstić information content (AvgIpc) is 3.37. The van der Waals surface area contributed by atoms with Gasteiger partial charge in [-0.1, -0.05) is 0 Å². The van der Waals surface area contributed by atoms with Gasteiger partial charge in [0.05, 0.1) is 26.4 Å². The summed E-state index contributed by atoms with van der Waals surface area (Å²) in [6.45, 7) is 5.94. The molecule has 0 amide bonds. The Labute approximate surface area is 156 Å². The van der Waals surface area contributed by atoms with E-state index in [9.17, 15) is 0 Å². The van der Waals surface area contributed by atoms with Gasteiger partial charge in [-0.25, -0.2) is 4.98 Å². The fourth-order valence-corrected chi connectivity index (χ4v) is 3.55. The van der Waals surface area contributed by atoms with Crippen molar-refractivity contribution in [1.29, 1.82) is 0 Å². The molecule has 0 spiro atoms. The van der Waals surface area contributed by atoms with E-state index < -0.39 is 0 Å². The average molecular weight is 370 g/mol. The maximum atomic E-state index is 5.52. The fraction of sp³-hybridized carbons (Fsp3) is 0.529. The molecule has 5 heterocycles. The van der Waals surface area contributed by atoms with E-state index in [2.05, 4.69) is 20.0 Å². The van der Waals surface area contributed by atoms with Crippen molar-refractivity contribution in [2.24, 2.45) is 7.05 Å². The van der Waals surface area contributed by atoms with E-state index in [4.69, 9.17) is 24.4 Å². The zero-order valence-corrected chi connectivity index (χ0v) is 15.3. The van der Waals surface area contributed by atoms with E-state index in [0.717, 1.165) is 60.6 Å². The number of aryl methyl sites for hydroxylation is 1. The van der Waals surface area contributed by atoms with Crippen LogP contribution in [0.25, 0.3) is 22.7 Å². The van der Waals surface area contributed by atoms with Gasteiger partial charge >= 0.3 is 0 Å². The highest BCUT2D eigenvalue weighted by Gasteiger charge is 2.25. The summed E-state index contributed by atoms with van der Waals surface area (Å²) in [7, 11) is 1.97. The van der Waals surface area contributed by atoms with Crippen LogP contribution in [0, 0.1) is 0 Å². The second kappa shape index (κ2) is 6.78. The quantitative estimate of drug-likeness (QED) is 0.709. The maximum absolute atomic E-state index is 5.52. The largest absolute Gasteiger partial charge is 0.378 e. The fourth-order valence-electron chi connectivity index (χ4n) is 3.55. The zero-order chi connectivity index (χ0) is 18.2. The number of imidazole rings is 1. The first-order chi connectivity index (χ1) is 13.3. The number of anilines is 2. The monoisotopic (exact) mass is 370 g/mol. The van der Waals surface area contributed by atoms with Crippen LogP contribution in [-0.4, -0.2) is 82.3 Å². The Morgan fingerprint density at radius 2 is 1.63 bits per heavy atom. The molecule has 2 fully saturated rings. The topological polar surface area (TPSA) is 97.2 Å². The third-order valence-electron chi connectivity index (χ3n) is 5.02. The number of ether oxygens (including phenoxy) is 2. The lowest BCUT2D eigenvalue weighted by Crippen LogP contribution is -2.39. The van der Waals surface area contributed by atoms with E-state index in [0.29, 0.717) is 26.4 Å². The molecule has 2 aliphatic rings. The molecule has 5 rings (SSSR count). The highest BCUT2D eigenvalue weighted by Crippen LogP contribution is 2.30. The van der Waals surface area contributed by atoms with Crippen LogP contribution in [0.3, 0.4) is 0 Å². The van der Waals surface area contributed by atoms with Crippen LogP contribution in [0.1, 0.15) is 0 Å². The summed E-state index contributed by atoms with van der Waals surface area (Å²) in [5.41, 5.74) is 2.40. The second-order valence-electron chi connectivity index (χ2n) is 6.67. The number of aromatic amines is 1. The Hall–Kier alpha value is -2.72. The molecule has 0 aromatic carbocycles. The SMILES string of the molecule is Cn1c(-c2cc[nH]n2)nc2c(N3CCOCC3)nc(N3CCOCC3)nc21. The summed E-state index contributed by atoms with van der Waals surface area (Å²) in [5, 5.41) is 7.13. The highest BCUT2D eigenvalue weighted by atomic mass is 16.5. The second-order valence-corrected chi connectivity index (χ2v) is 6.67.